The van der Waals surface area contributed by atoms with Gasteiger partial charge in [-0.2, -0.15) is 0 Å². The molecular formula is C96H96N2. The van der Waals surface area contributed by atoms with E-state index in [1.54, 1.807) is 0 Å². The van der Waals surface area contributed by atoms with Crippen molar-refractivity contribution in [2.24, 2.45) is 0 Å². The molecule has 13 aromatic rings. The molecule has 0 radical (unpaired) electrons. The van der Waals surface area contributed by atoms with Crippen LogP contribution in [0.15, 0.2) is 291 Å². The summed E-state index contributed by atoms with van der Waals surface area (Å²) in [5.41, 5.74) is 25.6. The second-order valence-corrected chi connectivity index (χ2v) is 32.3. The van der Waals surface area contributed by atoms with Crippen LogP contribution in [-0.4, -0.2) is 0 Å². The highest BCUT2D eigenvalue weighted by molar-refractivity contribution is 6.11. The van der Waals surface area contributed by atoms with Gasteiger partial charge in [0.25, 0.3) is 0 Å². The first-order chi connectivity index (χ1) is 46.7. The average molecular weight is 1280 g/mol. The highest BCUT2D eigenvalue weighted by Crippen LogP contribution is 2.52. The molecule has 98 heavy (non-hydrogen) atoms. The summed E-state index contributed by atoms with van der Waals surface area (Å²) in [5, 5.41) is 4.91. The van der Waals surface area contributed by atoms with Gasteiger partial charge in [-0.3, -0.25) is 0 Å². The molecule has 0 aliphatic heterocycles. The van der Waals surface area contributed by atoms with Crippen molar-refractivity contribution < 1.29 is 0 Å². The summed E-state index contributed by atoms with van der Waals surface area (Å²) in [7, 11) is 0. The van der Waals surface area contributed by atoms with Gasteiger partial charge in [0.2, 0.25) is 0 Å². The molecule has 0 spiro atoms. The van der Waals surface area contributed by atoms with E-state index >= 15 is 0 Å². The number of anilines is 6. The van der Waals surface area contributed by atoms with Gasteiger partial charge in [-0.05, 0) is 181 Å². The van der Waals surface area contributed by atoms with Crippen molar-refractivity contribution in [2.45, 2.75) is 143 Å². The van der Waals surface area contributed by atoms with E-state index in [1.165, 1.54) is 99.4 Å². The molecule has 0 heterocycles. The predicted octanol–water partition coefficient (Wildman–Crippen LogP) is 27.7. The van der Waals surface area contributed by atoms with E-state index in [4.69, 9.17) is 0 Å². The van der Waals surface area contributed by atoms with Crippen molar-refractivity contribution in [3.63, 3.8) is 0 Å². The molecule has 0 aliphatic rings. The van der Waals surface area contributed by atoms with Crippen molar-refractivity contribution in [1.29, 1.82) is 0 Å². The quantitative estimate of drug-likeness (QED) is 0.107. The van der Waals surface area contributed by atoms with Gasteiger partial charge in [0.15, 0.2) is 0 Å². The number of rotatable bonds is 14. The Morgan fingerprint density at radius 3 is 0.939 bits per heavy atom. The number of nitrogens with zero attached hydrogens (tertiary/aromatic N) is 2. The molecule has 0 N–H and O–H groups in total. The Morgan fingerprint density at radius 2 is 0.500 bits per heavy atom. The topological polar surface area (TPSA) is 6.48 Å². The van der Waals surface area contributed by atoms with E-state index in [-0.39, 0.29) is 32.5 Å². The van der Waals surface area contributed by atoms with Crippen molar-refractivity contribution in [1.82, 2.24) is 0 Å². The lowest BCUT2D eigenvalue weighted by atomic mass is 9.60. The zero-order chi connectivity index (χ0) is 69.1. The van der Waals surface area contributed by atoms with Gasteiger partial charge in [0.1, 0.15) is 0 Å². The summed E-state index contributed by atoms with van der Waals surface area (Å²) in [5.74, 6) is 0. The minimum absolute atomic E-state index is 0.0315. The van der Waals surface area contributed by atoms with Crippen molar-refractivity contribution in [2.75, 3.05) is 9.80 Å². The van der Waals surface area contributed by atoms with Gasteiger partial charge in [-0.25, -0.2) is 0 Å². The third-order valence-electron chi connectivity index (χ3n) is 21.1. The number of benzene rings is 13. The summed E-state index contributed by atoms with van der Waals surface area (Å²) in [6, 6.07) is 110. The molecule has 13 aromatic carbocycles. The molecule has 0 unspecified atom stereocenters. The van der Waals surface area contributed by atoms with E-state index in [2.05, 4.69) is 412 Å². The summed E-state index contributed by atoms with van der Waals surface area (Å²) >= 11 is 0. The lowest BCUT2D eigenvalue weighted by Crippen LogP contribution is -2.40. The molecule has 0 amide bonds. The molecule has 0 bridgehead atoms. The van der Waals surface area contributed by atoms with Crippen LogP contribution in [0.3, 0.4) is 0 Å². The monoisotopic (exact) mass is 1280 g/mol. The first-order valence-electron chi connectivity index (χ1n) is 35.2. The SMILES string of the molecule is CC(C)(C)c1ccc(N(c2ccccc2)c2ccccc2-c2cccc3cccc(-c4cc(C(C)(C)C)cc(C(C)(C)C(C)(C)c5ccc(N(c6ccccc6-c6ccccc6)c6ccccc6-c6cccc7cccc(-c8cc(C(C)(C)C)cc(C(C)(C)C)c8)c67)cc5)c4)c23)cc1. The Kier molecular flexibility index (Phi) is 17.5. The normalized spacial score (nSPS) is 12.5. The van der Waals surface area contributed by atoms with Crippen molar-refractivity contribution >= 4 is 55.7 Å². The van der Waals surface area contributed by atoms with Crippen LogP contribution < -0.4 is 9.80 Å². The summed E-state index contributed by atoms with van der Waals surface area (Å²) in [6.07, 6.45) is 0. The fourth-order valence-corrected chi connectivity index (χ4v) is 14.4. The predicted molar refractivity (Wildman–Crippen MR) is 425 cm³/mol. The smallest absolute Gasteiger partial charge is 0.0540 e. The van der Waals surface area contributed by atoms with Crippen LogP contribution in [-0.2, 0) is 32.5 Å². The van der Waals surface area contributed by atoms with Gasteiger partial charge in [-0.15, -0.1) is 0 Å². The Morgan fingerprint density at radius 1 is 0.194 bits per heavy atom. The van der Waals surface area contributed by atoms with E-state index in [0.29, 0.717) is 0 Å². The molecule has 0 atom stereocenters. The van der Waals surface area contributed by atoms with Gasteiger partial charge < -0.3 is 9.80 Å². The lowest BCUT2D eigenvalue weighted by molar-refractivity contribution is 0.302. The maximum Gasteiger partial charge on any atom is 0.0540 e. The summed E-state index contributed by atoms with van der Waals surface area (Å²) in [6.45, 7) is 37.7. The van der Waals surface area contributed by atoms with Crippen LogP contribution in [0.5, 0.6) is 0 Å². The third kappa shape index (κ3) is 12.8. The van der Waals surface area contributed by atoms with E-state index < -0.39 is 0 Å². The molecule has 0 saturated carbocycles. The second-order valence-electron chi connectivity index (χ2n) is 32.3. The first-order valence-corrected chi connectivity index (χ1v) is 35.2. The van der Waals surface area contributed by atoms with Crippen LogP contribution in [0.2, 0.25) is 0 Å². The highest BCUT2D eigenvalue weighted by Gasteiger charge is 2.41. The van der Waals surface area contributed by atoms with Gasteiger partial charge in [0, 0.05) is 33.8 Å². The Hall–Kier alpha value is -10.0. The zero-order valence-electron chi connectivity index (χ0n) is 60.6. The van der Waals surface area contributed by atoms with Crippen LogP contribution in [0.1, 0.15) is 144 Å². The van der Waals surface area contributed by atoms with E-state index in [9.17, 15) is 0 Å². The maximum absolute atomic E-state index is 2.51. The minimum atomic E-state index is -0.360. The largest absolute Gasteiger partial charge is 0.310 e. The van der Waals surface area contributed by atoms with Gasteiger partial charge in [0.05, 0.1) is 17.1 Å². The van der Waals surface area contributed by atoms with Gasteiger partial charge >= 0.3 is 0 Å². The Bertz CT molecular complexity index is 4990. The van der Waals surface area contributed by atoms with Crippen molar-refractivity contribution in [3.05, 3.63) is 325 Å². The lowest BCUT2D eigenvalue weighted by Gasteiger charge is -2.44. The van der Waals surface area contributed by atoms with E-state index in [0.717, 1.165) is 45.3 Å². The van der Waals surface area contributed by atoms with Crippen LogP contribution in [0.25, 0.3) is 77.2 Å². The fraction of sp³-hybridized carbons (Fsp3) is 0.229. The minimum Gasteiger partial charge on any atom is -0.310 e. The van der Waals surface area contributed by atoms with Gasteiger partial charge in [-0.1, -0.05) is 347 Å². The van der Waals surface area contributed by atoms with E-state index in [1.807, 2.05) is 0 Å². The zero-order valence-corrected chi connectivity index (χ0v) is 60.6. The van der Waals surface area contributed by atoms with Crippen LogP contribution >= 0.6 is 0 Å². The van der Waals surface area contributed by atoms with Crippen molar-refractivity contribution in [3.8, 4) is 55.6 Å². The molecule has 2 heteroatoms. The summed E-state index contributed by atoms with van der Waals surface area (Å²) in [4.78, 5) is 4.94. The molecule has 0 aliphatic carbocycles. The standard InChI is InChI=1S/C96H96N2/c1-91(2,3)70-51-55-77(56-52-70)97(76-39-21-18-22-40-76)87-49-27-24-42-82(87)84-46-31-37-67-36-30-45-81(90(67)84)69-61-74(94(10,11)12)64-75(62-69)96(15,16)95(13,14)71-53-57-78(58-54-71)98(86-48-26-23-41-79(86)65-33-19-17-20-34-65)88-50-28-25-43-83(88)85-47-32-38-66-35-29-44-80(89(66)85)68-59-72(92(4,5)6)63-73(60-68)93(7,8)9/h17-64H,1-16H3. The number of hydrogen-bond donors (Lipinski definition) is 0. The average Bonchev–Trinajstić information content (AvgIpc) is 0.748. The number of hydrogen-bond acceptors (Lipinski definition) is 2. The number of para-hydroxylation sites is 4. The summed E-state index contributed by atoms with van der Waals surface area (Å²) < 4.78 is 0. The molecule has 2 nitrogen and oxygen atoms in total. The Balaban J connectivity index is 0.933. The molecule has 0 saturated heterocycles. The second kappa shape index (κ2) is 25.8. The molecule has 490 valence electrons. The fourth-order valence-electron chi connectivity index (χ4n) is 14.4. The van der Waals surface area contributed by atoms with Crippen LogP contribution in [0, 0.1) is 0 Å². The Labute approximate surface area is 585 Å². The first kappa shape index (κ1) is 66.6. The van der Waals surface area contributed by atoms with Crippen LogP contribution in [0.4, 0.5) is 34.1 Å². The molecule has 13 rings (SSSR count). The number of fused-ring (bicyclic) bond motifs is 2. The highest BCUT2D eigenvalue weighted by atomic mass is 15.2. The molecule has 0 fully saturated rings. The maximum atomic E-state index is 2.51. The third-order valence-corrected chi connectivity index (χ3v) is 21.1. The molecular weight excluding hydrogens is 1180 g/mol. The molecule has 0 aromatic heterocycles.